The van der Waals surface area contributed by atoms with E-state index in [2.05, 4.69) is 15.9 Å². The Hall–Kier alpha value is -0.900. The maximum atomic E-state index is 11.9. The van der Waals surface area contributed by atoms with Gasteiger partial charge in [-0.1, -0.05) is 12.8 Å². The monoisotopic (exact) mass is 297 g/mol. The number of pyridine rings is 1. The van der Waals surface area contributed by atoms with Crippen molar-refractivity contribution in [3.05, 3.63) is 33.2 Å². The molecule has 1 aliphatic carbocycles. The molecule has 0 unspecified atom stereocenters. The third-order valence-corrected chi connectivity index (χ3v) is 3.83. The van der Waals surface area contributed by atoms with E-state index in [0.29, 0.717) is 18.7 Å². The van der Waals surface area contributed by atoms with E-state index in [4.69, 9.17) is 0 Å². The standard InChI is InChI=1S/C13H16BrNO2/c14-11-5-6-13(17)15(9-11)8-7-12(16)10-3-1-2-4-10/h5-6,9-10H,1-4,7-8H2. The summed E-state index contributed by atoms with van der Waals surface area (Å²) in [5.74, 6) is 0.562. The van der Waals surface area contributed by atoms with Crippen LogP contribution in [0.3, 0.4) is 0 Å². The molecular weight excluding hydrogens is 282 g/mol. The Balaban J connectivity index is 1.95. The second-order valence-corrected chi connectivity index (χ2v) is 5.49. The predicted molar refractivity (Wildman–Crippen MR) is 70.0 cm³/mol. The lowest BCUT2D eigenvalue weighted by Gasteiger charge is -2.09. The van der Waals surface area contributed by atoms with E-state index in [1.807, 2.05) is 0 Å². The fourth-order valence-corrected chi connectivity index (χ4v) is 2.74. The van der Waals surface area contributed by atoms with Gasteiger partial charge in [0.1, 0.15) is 5.78 Å². The molecule has 92 valence electrons. The van der Waals surface area contributed by atoms with E-state index in [9.17, 15) is 9.59 Å². The molecule has 17 heavy (non-hydrogen) atoms. The number of rotatable bonds is 4. The zero-order valence-electron chi connectivity index (χ0n) is 9.69. The molecule has 0 atom stereocenters. The molecular formula is C13H16BrNO2. The third-order valence-electron chi connectivity index (χ3n) is 3.36. The van der Waals surface area contributed by atoms with Crippen LogP contribution in [0.2, 0.25) is 0 Å². The molecule has 1 aromatic heterocycles. The van der Waals surface area contributed by atoms with E-state index in [1.54, 1.807) is 16.8 Å². The summed E-state index contributed by atoms with van der Waals surface area (Å²) in [5, 5.41) is 0. The molecule has 1 aromatic rings. The summed E-state index contributed by atoms with van der Waals surface area (Å²) in [6, 6.07) is 3.24. The van der Waals surface area contributed by atoms with Crippen molar-refractivity contribution in [1.29, 1.82) is 0 Å². The Kier molecular flexibility index (Phi) is 4.15. The number of aromatic nitrogens is 1. The van der Waals surface area contributed by atoms with Crippen molar-refractivity contribution < 1.29 is 4.79 Å². The minimum atomic E-state index is -0.0487. The van der Waals surface area contributed by atoms with Crippen LogP contribution in [0.5, 0.6) is 0 Å². The molecule has 0 spiro atoms. The highest BCUT2D eigenvalue weighted by Crippen LogP contribution is 2.26. The van der Waals surface area contributed by atoms with Crippen LogP contribution in [0.1, 0.15) is 32.1 Å². The van der Waals surface area contributed by atoms with Crippen molar-refractivity contribution >= 4 is 21.7 Å². The summed E-state index contributed by atoms with van der Waals surface area (Å²) in [5.41, 5.74) is -0.0487. The van der Waals surface area contributed by atoms with Crippen molar-refractivity contribution in [2.24, 2.45) is 5.92 Å². The van der Waals surface area contributed by atoms with Gasteiger partial charge in [0.25, 0.3) is 5.56 Å². The van der Waals surface area contributed by atoms with Gasteiger partial charge in [-0.15, -0.1) is 0 Å². The Morgan fingerprint density at radius 3 is 2.76 bits per heavy atom. The summed E-state index contributed by atoms with van der Waals surface area (Å²) in [4.78, 5) is 23.4. The maximum Gasteiger partial charge on any atom is 0.250 e. The molecule has 3 nitrogen and oxygen atoms in total. The van der Waals surface area contributed by atoms with Crippen molar-refractivity contribution in [2.45, 2.75) is 38.6 Å². The number of Topliss-reactive ketones (excluding diaryl/α,β-unsaturated/α-hetero) is 1. The fourth-order valence-electron chi connectivity index (χ4n) is 2.36. The Bertz CT molecular complexity index is 461. The number of nitrogens with zero attached hydrogens (tertiary/aromatic N) is 1. The molecule has 4 heteroatoms. The SMILES string of the molecule is O=C(CCn1cc(Br)ccc1=O)C1CCCC1. The number of hydrogen-bond donors (Lipinski definition) is 0. The van der Waals surface area contributed by atoms with E-state index in [0.717, 1.165) is 17.3 Å². The molecule has 1 saturated carbocycles. The Labute approximate surface area is 109 Å². The predicted octanol–water partition coefficient (Wildman–Crippen LogP) is 2.76. The minimum absolute atomic E-state index is 0.0487. The van der Waals surface area contributed by atoms with Crippen molar-refractivity contribution in [1.82, 2.24) is 4.57 Å². The van der Waals surface area contributed by atoms with E-state index in [-0.39, 0.29) is 11.5 Å². The van der Waals surface area contributed by atoms with Gasteiger partial charge in [0.05, 0.1) is 0 Å². The van der Waals surface area contributed by atoms with Gasteiger partial charge in [0, 0.05) is 35.6 Å². The number of halogens is 1. The van der Waals surface area contributed by atoms with E-state index >= 15 is 0 Å². The number of carbonyl (C=O) groups is 1. The number of carbonyl (C=O) groups excluding carboxylic acids is 1. The van der Waals surface area contributed by atoms with Crippen molar-refractivity contribution in [2.75, 3.05) is 0 Å². The van der Waals surface area contributed by atoms with Crippen LogP contribution in [0.15, 0.2) is 27.6 Å². The molecule has 0 radical (unpaired) electrons. The van der Waals surface area contributed by atoms with Gasteiger partial charge in [0.2, 0.25) is 0 Å². The second kappa shape index (κ2) is 5.63. The molecule has 1 fully saturated rings. The second-order valence-electron chi connectivity index (χ2n) is 4.58. The third kappa shape index (κ3) is 3.28. The molecule has 1 aliphatic rings. The lowest BCUT2D eigenvalue weighted by Crippen LogP contribution is -2.21. The Morgan fingerprint density at radius 1 is 1.35 bits per heavy atom. The first-order valence-electron chi connectivity index (χ1n) is 6.05. The number of ketones is 1. The van der Waals surface area contributed by atoms with E-state index in [1.165, 1.54) is 18.9 Å². The zero-order valence-corrected chi connectivity index (χ0v) is 11.3. The van der Waals surface area contributed by atoms with Crippen LogP contribution in [0.25, 0.3) is 0 Å². The number of hydrogen-bond acceptors (Lipinski definition) is 2. The highest BCUT2D eigenvalue weighted by molar-refractivity contribution is 9.10. The molecule has 2 rings (SSSR count). The van der Waals surface area contributed by atoms with Crippen LogP contribution in [0, 0.1) is 5.92 Å². The molecule has 0 bridgehead atoms. The molecule has 0 aliphatic heterocycles. The highest BCUT2D eigenvalue weighted by Gasteiger charge is 2.21. The van der Waals surface area contributed by atoms with Gasteiger partial charge in [-0.25, -0.2) is 0 Å². The van der Waals surface area contributed by atoms with Gasteiger partial charge in [0.15, 0.2) is 0 Å². The minimum Gasteiger partial charge on any atom is -0.314 e. The van der Waals surface area contributed by atoms with Gasteiger partial charge >= 0.3 is 0 Å². The average molecular weight is 298 g/mol. The normalized spacial score (nSPS) is 16.3. The lowest BCUT2D eigenvalue weighted by atomic mass is 10.0. The zero-order chi connectivity index (χ0) is 12.3. The fraction of sp³-hybridized carbons (Fsp3) is 0.538. The van der Waals surface area contributed by atoms with Crippen molar-refractivity contribution in [3.63, 3.8) is 0 Å². The largest absolute Gasteiger partial charge is 0.314 e. The Morgan fingerprint density at radius 2 is 2.06 bits per heavy atom. The van der Waals surface area contributed by atoms with Crippen LogP contribution < -0.4 is 5.56 Å². The summed E-state index contributed by atoms with van der Waals surface area (Å²) < 4.78 is 2.46. The molecule has 0 saturated heterocycles. The average Bonchev–Trinajstić information content (AvgIpc) is 2.83. The van der Waals surface area contributed by atoms with Crippen LogP contribution in [-0.4, -0.2) is 10.4 Å². The first-order chi connectivity index (χ1) is 8.16. The van der Waals surface area contributed by atoms with Crippen molar-refractivity contribution in [3.8, 4) is 0 Å². The van der Waals surface area contributed by atoms with Gasteiger partial charge < -0.3 is 4.57 Å². The lowest BCUT2D eigenvalue weighted by molar-refractivity contribution is -0.122. The summed E-state index contributed by atoms with van der Waals surface area (Å²) in [7, 11) is 0. The summed E-state index contributed by atoms with van der Waals surface area (Å²) in [6.45, 7) is 0.494. The summed E-state index contributed by atoms with van der Waals surface area (Å²) >= 11 is 3.32. The molecule has 0 N–H and O–H groups in total. The highest BCUT2D eigenvalue weighted by atomic mass is 79.9. The smallest absolute Gasteiger partial charge is 0.250 e. The van der Waals surface area contributed by atoms with Crippen LogP contribution >= 0.6 is 15.9 Å². The molecule has 1 heterocycles. The van der Waals surface area contributed by atoms with Gasteiger partial charge in [-0.05, 0) is 34.8 Å². The van der Waals surface area contributed by atoms with Gasteiger partial charge in [-0.2, -0.15) is 0 Å². The summed E-state index contributed by atoms with van der Waals surface area (Å²) in [6.07, 6.45) is 6.63. The van der Waals surface area contributed by atoms with Gasteiger partial charge in [-0.3, -0.25) is 9.59 Å². The number of aryl methyl sites for hydroxylation is 1. The quantitative estimate of drug-likeness (QED) is 0.857. The first kappa shape index (κ1) is 12.6. The first-order valence-corrected chi connectivity index (χ1v) is 6.85. The van der Waals surface area contributed by atoms with Crippen LogP contribution in [-0.2, 0) is 11.3 Å². The topological polar surface area (TPSA) is 39.1 Å². The maximum absolute atomic E-state index is 11.9. The van der Waals surface area contributed by atoms with Crippen LogP contribution in [0.4, 0.5) is 0 Å². The molecule has 0 amide bonds. The molecule has 0 aromatic carbocycles. The van der Waals surface area contributed by atoms with E-state index < -0.39 is 0 Å².